The van der Waals surface area contributed by atoms with Gasteiger partial charge in [-0.1, -0.05) is 6.92 Å². The van der Waals surface area contributed by atoms with Crippen molar-refractivity contribution in [2.24, 2.45) is 0 Å². The molecule has 0 aromatic carbocycles. The van der Waals surface area contributed by atoms with Crippen LogP contribution in [0, 0.1) is 0 Å². The first-order valence-electron chi connectivity index (χ1n) is 6.04. The maximum atomic E-state index is 11.6. The average molecular weight is 252 g/mol. The smallest absolute Gasteiger partial charge is 0.273 e. The van der Waals surface area contributed by atoms with Gasteiger partial charge in [0.1, 0.15) is 6.61 Å². The quantitative estimate of drug-likeness (QED) is 0.718. The second kappa shape index (κ2) is 7.60. The number of ether oxygens (including phenoxy) is 1. The molecule has 0 radical (unpaired) electrons. The fourth-order valence-electron chi connectivity index (χ4n) is 1.27. The third-order valence-corrected chi connectivity index (χ3v) is 2.22. The molecule has 0 aliphatic rings. The summed E-state index contributed by atoms with van der Waals surface area (Å²) in [4.78, 5) is 13.0. The number of hydrogen-bond donors (Lipinski definition) is 1. The van der Waals surface area contributed by atoms with Gasteiger partial charge in [0.25, 0.3) is 5.91 Å². The summed E-state index contributed by atoms with van der Waals surface area (Å²) in [6, 6.07) is 3.27. The van der Waals surface area contributed by atoms with Crippen molar-refractivity contribution in [2.75, 3.05) is 33.8 Å². The highest BCUT2D eigenvalue weighted by Crippen LogP contribution is 2.05. The van der Waals surface area contributed by atoms with Crippen LogP contribution in [0.4, 0.5) is 0 Å². The number of nitrogens with one attached hydrogen (secondary N) is 1. The van der Waals surface area contributed by atoms with E-state index in [-0.39, 0.29) is 5.91 Å². The predicted octanol–water partition coefficient (Wildman–Crippen LogP) is 0.557. The number of rotatable bonds is 7. The van der Waals surface area contributed by atoms with Gasteiger partial charge in [-0.15, -0.1) is 10.2 Å². The van der Waals surface area contributed by atoms with Crippen LogP contribution in [-0.4, -0.2) is 54.8 Å². The number of aromatic nitrogens is 2. The molecule has 0 aliphatic carbocycles. The van der Waals surface area contributed by atoms with Crippen molar-refractivity contribution < 1.29 is 9.53 Å². The number of hydrogen-bond acceptors (Lipinski definition) is 5. The van der Waals surface area contributed by atoms with E-state index in [4.69, 9.17) is 4.74 Å². The minimum Gasteiger partial charge on any atom is -0.475 e. The summed E-state index contributed by atoms with van der Waals surface area (Å²) in [6.45, 7) is 4.40. The summed E-state index contributed by atoms with van der Waals surface area (Å²) in [7, 11) is 3.35. The highest BCUT2D eigenvalue weighted by atomic mass is 16.5. The Hall–Kier alpha value is -1.69. The summed E-state index contributed by atoms with van der Waals surface area (Å²) < 4.78 is 5.39. The van der Waals surface area contributed by atoms with Crippen molar-refractivity contribution in [2.45, 2.75) is 13.3 Å². The van der Waals surface area contributed by atoms with Gasteiger partial charge in [-0.2, -0.15) is 0 Å². The molecule has 100 valence electrons. The van der Waals surface area contributed by atoms with Gasteiger partial charge in [-0.25, -0.2) is 0 Å². The zero-order chi connectivity index (χ0) is 13.4. The Morgan fingerprint density at radius 3 is 2.67 bits per heavy atom. The maximum absolute atomic E-state index is 11.6. The van der Waals surface area contributed by atoms with Gasteiger partial charge < -0.3 is 15.0 Å². The average Bonchev–Trinajstić information content (AvgIpc) is 2.38. The molecule has 0 saturated heterocycles. The number of carbonyl (C=O) groups excluding carboxylic acids is 1. The SMILES string of the molecule is CCCNCCOc1ccc(C(=O)N(C)C)nn1. The van der Waals surface area contributed by atoms with E-state index in [1.165, 1.54) is 4.90 Å². The molecule has 0 saturated carbocycles. The van der Waals surface area contributed by atoms with Crippen LogP contribution >= 0.6 is 0 Å². The Morgan fingerprint density at radius 1 is 1.33 bits per heavy atom. The molecule has 0 atom stereocenters. The lowest BCUT2D eigenvalue weighted by Gasteiger charge is -2.09. The van der Waals surface area contributed by atoms with E-state index in [1.807, 2.05) is 0 Å². The normalized spacial score (nSPS) is 10.2. The summed E-state index contributed by atoms with van der Waals surface area (Å²) in [5.41, 5.74) is 0.316. The Bertz CT molecular complexity index is 365. The highest BCUT2D eigenvalue weighted by molar-refractivity contribution is 5.91. The van der Waals surface area contributed by atoms with Crippen molar-refractivity contribution >= 4 is 5.91 Å². The fourth-order valence-corrected chi connectivity index (χ4v) is 1.27. The molecule has 1 amide bonds. The molecular formula is C12H20N4O2. The summed E-state index contributed by atoms with van der Waals surface area (Å²) >= 11 is 0. The van der Waals surface area contributed by atoms with Crippen LogP contribution in [0.15, 0.2) is 12.1 Å². The summed E-state index contributed by atoms with van der Waals surface area (Å²) in [5, 5.41) is 10.9. The van der Waals surface area contributed by atoms with Crippen LogP contribution in [0.3, 0.4) is 0 Å². The molecule has 0 aliphatic heterocycles. The van der Waals surface area contributed by atoms with Crippen LogP contribution < -0.4 is 10.1 Å². The second-order valence-corrected chi connectivity index (χ2v) is 4.05. The number of carbonyl (C=O) groups is 1. The molecular weight excluding hydrogens is 232 g/mol. The van der Waals surface area contributed by atoms with Crippen LogP contribution in [-0.2, 0) is 0 Å². The van der Waals surface area contributed by atoms with E-state index in [9.17, 15) is 4.79 Å². The molecule has 0 unspecified atom stereocenters. The molecule has 1 heterocycles. The van der Waals surface area contributed by atoms with E-state index in [0.29, 0.717) is 18.2 Å². The molecule has 0 bridgehead atoms. The molecule has 6 nitrogen and oxygen atoms in total. The first kappa shape index (κ1) is 14.4. The maximum Gasteiger partial charge on any atom is 0.273 e. The van der Waals surface area contributed by atoms with Crippen LogP contribution in [0.2, 0.25) is 0 Å². The van der Waals surface area contributed by atoms with E-state index in [0.717, 1.165) is 19.5 Å². The molecule has 0 spiro atoms. The van der Waals surface area contributed by atoms with Crippen molar-refractivity contribution in [3.63, 3.8) is 0 Å². The van der Waals surface area contributed by atoms with Gasteiger partial charge in [0, 0.05) is 26.7 Å². The van der Waals surface area contributed by atoms with Crippen molar-refractivity contribution in [3.8, 4) is 5.88 Å². The standard InChI is InChI=1S/C12H20N4O2/c1-4-7-13-8-9-18-11-6-5-10(14-15-11)12(17)16(2)3/h5-6,13H,4,7-9H2,1-3H3. The molecule has 1 N–H and O–H groups in total. The number of nitrogens with zero attached hydrogens (tertiary/aromatic N) is 3. The minimum atomic E-state index is -0.168. The van der Waals surface area contributed by atoms with Gasteiger partial charge in [-0.05, 0) is 19.0 Å². The van der Waals surface area contributed by atoms with E-state index >= 15 is 0 Å². The van der Waals surface area contributed by atoms with Gasteiger partial charge >= 0.3 is 0 Å². The Kier molecular flexibility index (Phi) is 6.07. The topological polar surface area (TPSA) is 67.3 Å². The predicted molar refractivity (Wildman–Crippen MR) is 68.7 cm³/mol. The van der Waals surface area contributed by atoms with Crippen molar-refractivity contribution in [1.29, 1.82) is 0 Å². The lowest BCUT2D eigenvalue weighted by atomic mass is 10.3. The van der Waals surface area contributed by atoms with Crippen LogP contribution in [0.25, 0.3) is 0 Å². The summed E-state index contributed by atoms with van der Waals surface area (Å²) in [5.74, 6) is 0.266. The molecule has 6 heteroatoms. The van der Waals surface area contributed by atoms with E-state index in [2.05, 4.69) is 22.4 Å². The first-order valence-corrected chi connectivity index (χ1v) is 6.04. The Balaban J connectivity index is 2.38. The molecule has 0 fully saturated rings. The molecule has 1 rings (SSSR count). The van der Waals surface area contributed by atoms with Crippen molar-refractivity contribution in [1.82, 2.24) is 20.4 Å². The summed E-state index contributed by atoms with van der Waals surface area (Å²) in [6.07, 6.45) is 1.10. The van der Waals surface area contributed by atoms with Gasteiger partial charge in [0.05, 0.1) is 0 Å². The number of amides is 1. The zero-order valence-electron chi connectivity index (χ0n) is 11.1. The molecule has 1 aromatic rings. The lowest BCUT2D eigenvalue weighted by Crippen LogP contribution is -2.23. The van der Waals surface area contributed by atoms with E-state index < -0.39 is 0 Å². The molecule has 18 heavy (non-hydrogen) atoms. The largest absolute Gasteiger partial charge is 0.475 e. The zero-order valence-corrected chi connectivity index (χ0v) is 11.1. The van der Waals surface area contributed by atoms with Crippen LogP contribution in [0.1, 0.15) is 23.8 Å². The highest BCUT2D eigenvalue weighted by Gasteiger charge is 2.10. The third kappa shape index (κ3) is 4.67. The second-order valence-electron chi connectivity index (χ2n) is 4.05. The Morgan fingerprint density at radius 2 is 2.11 bits per heavy atom. The third-order valence-electron chi connectivity index (χ3n) is 2.22. The van der Waals surface area contributed by atoms with Gasteiger partial charge in [0.2, 0.25) is 5.88 Å². The van der Waals surface area contributed by atoms with Crippen molar-refractivity contribution in [3.05, 3.63) is 17.8 Å². The molecule has 1 aromatic heterocycles. The fraction of sp³-hybridized carbons (Fsp3) is 0.583. The van der Waals surface area contributed by atoms with Gasteiger partial charge in [0.15, 0.2) is 5.69 Å². The monoisotopic (exact) mass is 252 g/mol. The first-order chi connectivity index (χ1) is 8.65. The minimum absolute atomic E-state index is 0.168. The Labute approximate surface area is 107 Å². The van der Waals surface area contributed by atoms with Crippen LogP contribution in [0.5, 0.6) is 5.88 Å². The van der Waals surface area contributed by atoms with E-state index in [1.54, 1.807) is 26.2 Å². The lowest BCUT2D eigenvalue weighted by molar-refractivity contribution is 0.0820. The van der Waals surface area contributed by atoms with Gasteiger partial charge in [-0.3, -0.25) is 4.79 Å².